The first-order valence-corrected chi connectivity index (χ1v) is 6.45. The Bertz CT molecular complexity index is 197. The summed E-state index contributed by atoms with van der Waals surface area (Å²) in [4.78, 5) is 0. The molecule has 0 aliphatic heterocycles. The lowest BCUT2D eigenvalue weighted by Gasteiger charge is -2.51. The minimum Gasteiger partial charge on any atom is -0.389 e. The van der Waals surface area contributed by atoms with Crippen LogP contribution in [0.1, 0.15) is 59.3 Å². The summed E-state index contributed by atoms with van der Waals surface area (Å²) < 4.78 is 0. The Morgan fingerprint density at radius 1 is 1.27 bits per heavy atom. The lowest BCUT2D eigenvalue weighted by Crippen LogP contribution is -2.56. The van der Waals surface area contributed by atoms with Crippen molar-refractivity contribution in [3.8, 4) is 0 Å². The number of rotatable bonds is 4. The van der Waals surface area contributed by atoms with Crippen molar-refractivity contribution in [2.45, 2.75) is 64.9 Å². The summed E-state index contributed by atoms with van der Waals surface area (Å²) in [5, 5.41) is 10.9. The van der Waals surface area contributed by atoms with Crippen molar-refractivity contribution in [1.29, 1.82) is 0 Å². The molecule has 1 unspecified atom stereocenters. The van der Waals surface area contributed by atoms with Crippen LogP contribution in [-0.2, 0) is 0 Å². The van der Waals surface area contributed by atoms with Crippen molar-refractivity contribution in [2.75, 3.05) is 6.54 Å². The molecule has 0 spiro atoms. The van der Waals surface area contributed by atoms with Crippen LogP contribution in [0.4, 0.5) is 0 Å². The maximum atomic E-state index is 10.9. The molecule has 3 N–H and O–H groups in total. The highest BCUT2D eigenvalue weighted by molar-refractivity contribution is 5.01. The Hall–Kier alpha value is -0.0800. The second-order valence-electron chi connectivity index (χ2n) is 5.48. The highest BCUT2D eigenvalue weighted by atomic mass is 16.3. The van der Waals surface area contributed by atoms with Crippen LogP contribution < -0.4 is 5.73 Å². The molecule has 0 saturated heterocycles. The molecular weight excluding hydrogens is 186 g/mol. The van der Waals surface area contributed by atoms with E-state index in [-0.39, 0.29) is 5.41 Å². The normalized spacial score (nSPS) is 25.2. The third kappa shape index (κ3) is 2.07. The van der Waals surface area contributed by atoms with Gasteiger partial charge in [0.05, 0.1) is 5.60 Å². The molecule has 1 aliphatic carbocycles. The predicted molar refractivity (Wildman–Crippen MR) is 64.7 cm³/mol. The highest BCUT2D eigenvalue weighted by Crippen LogP contribution is 2.48. The summed E-state index contributed by atoms with van der Waals surface area (Å²) in [6, 6.07) is 0. The second kappa shape index (κ2) is 4.84. The van der Waals surface area contributed by atoms with Gasteiger partial charge in [-0.25, -0.2) is 0 Å². The van der Waals surface area contributed by atoms with E-state index in [1.165, 1.54) is 19.3 Å². The molecular formula is C13H27NO. The van der Waals surface area contributed by atoms with Gasteiger partial charge in [0, 0.05) is 12.0 Å². The van der Waals surface area contributed by atoms with Gasteiger partial charge in [0.2, 0.25) is 0 Å². The Labute approximate surface area is 94.2 Å². The molecule has 1 aliphatic rings. The quantitative estimate of drug-likeness (QED) is 0.754. The van der Waals surface area contributed by atoms with Gasteiger partial charge in [-0.2, -0.15) is 0 Å². The lowest BCUT2D eigenvalue weighted by molar-refractivity contribution is -0.133. The molecule has 0 bridgehead atoms. The summed E-state index contributed by atoms with van der Waals surface area (Å²) in [6.45, 7) is 6.96. The Morgan fingerprint density at radius 2 is 1.80 bits per heavy atom. The van der Waals surface area contributed by atoms with Crippen molar-refractivity contribution in [3.05, 3.63) is 0 Å². The molecule has 2 nitrogen and oxygen atoms in total. The molecule has 1 rings (SSSR count). The molecule has 0 aromatic carbocycles. The number of hydrogen-bond acceptors (Lipinski definition) is 2. The fraction of sp³-hybridized carbons (Fsp3) is 1.00. The monoisotopic (exact) mass is 213 g/mol. The van der Waals surface area contributed by atoms with Crippen molar-refractivity contribution < 1.29 is 5.11 Å². The number of nitrogens with two attached hydrogens (primary N) is 1. The fourth-order valence-electron chi connectivity index (χ4n) is 3.44. The largest absolute Gasteiger partial charge is 0.389 e. The molecule has 0 aromatic heterocycles. The van der Waals surface area contributed by atoms with Crippen LogP contribution in [0.15, 0.2) is 0 Å². The summed E-state index contributed by atoms with van der Waals surface area (Å²) in [5.41, 5.74) is 5.39. The van der Waals surface area contributed by atoms with Gasteiger partial charge in [-0.05, 0) is 25.2 Å². The van der Waals surface area contributed by atoms with E-state index in [2.05, 4.69) is 20.8 Å². The predicted octanol–water partition coefficient (Wildman–Crippen LogP) is 2.69. The minimum atomic E-state index is -0.567. The maximum Gasteiger partial charge on any atom is 0.0735 e. The van der Waals surface area contributed by atoms with Gasteiger partial charge in [-0.15, -0.1) is 0 Å². The van der Waals surface area contributed by atoms with E-state index in [0.717, 1.165) is 19.3 Å². The molecule has 15 heavy (non-hydrogen) atoms. The van der Waals surface area contributed by atoms with Gasteiger partial charge in [0.25, 0.3) is 0 Å². The average molecular weight is 213 g/mol. The molecule has 0 heterocycles. The maximum absolute atomic E-state index is 10.9. The summed E-state index contributed by atoms with van der Waals surface area (Å²) in [5.74, 6) is 0.296. The first kappa shape index (κ1) is 13.0. The van der Waals surface area contributed by atoms with E-state index in [4.69, 9.17) is 5.73 Å². The van der Waals surface area contributed by atoms with Crippen LogP contribution >= 0.6 is 0 Å². The van der Waals surface area contributed by atoms with Crippen LogP contribution in [0.25, 0.3) is 0 Å². The molecule has 0 amide bonds. The van der Waals surface area contributed by atoms with Gasteiger partial charge < -0.3 is 10.8 Å². The van der Waals surface area contributed by atoms with Crippen LogP contribution in [0, 0.1) is 11.3 Å². The molecule has 0 aromatic rings. The van der Waals surface area contributed by atoms with E-state index in [0.29, 0.717) is 12.5 Å². The smallest absolute Gasteiger partial charge is 0.0735 e. The molecule has 1 fully saturated rings. The number of aliphatic hydroxyl groups is 1. The summed E-state index contributed by atoms with van der Waals surface area (Å²) >= 11 is 0. The second-order valence-corrected chi connectivity index (χ2v) is 5.48. The van der Waals surface area contributed by atoms with Gasteiger partial charge >= 0.3 is 0 Å². The van der Waals surface area contributed by atoms with Gasteiger partial charge in [0.15, 0.2) is 0 Å². The molecule has 1 atom stereocenters. The number of hydrogen-bond donors (Lipinski definition) is 2. The van der Waals surface area contributed by atoms with Gasteiger partial charge in [-0.1, -0.05) is 40.0 Å². The highest BCUT2D eigenvalue weighted by Gasteiger charge is 2.50. The first-order valence-electron chi connectivity index (χ1n) is 6.45. The van der Waals surface area contributed by atoms with E-state index in [1.54, 1.807) is 0 Å². The van der Waals surface area contributed by atoms with Crippen molar-refractivity contribution >= 4 is 0 Å². The van der Waals surface area contributed by atoms with E-state index >= 15 is 0 Å². The molecule has 0 radical (unpaired) electrons. The topological polar surface area (TPSA) is 46.2 Å². The lowest BCUT2D eigenvalue weighted by atomic mass is 9.58. The third-order valence-electron chi connectivity index (χ3n) is 4.61. The van der Waals surface area contributed by atoms with Crippen LogP contribution in [-0.4, -0.2) is 17.3 Å². The SMILES string of the molecule is CCC(O)(C(C)C)C1(CN)CCCCC1. The summed E-state index contributed by atoms with van der Waals surface area (Å²) in [7, 11) is 0. The Balaban J connectivity index is 2.95. The first-order chi connectivity index (χ1) is 7.02. The fourth-order valence-corrected chi connectivity index (χ4v) is 3.44. The third-order valence-corrected chi connectivity index (χ3v) is 4.61. The molecule has 2 heteroatoms. The molecule has 90 valence electrons. The minimum absolute atomic E-state index is 0.0197. The molecule has 1 saturated carbocycles. The van der Waals surface area contributed by atoms with Crippen molar-refractivity contribution in [2.24, 2.45) is 17.1 Å². The van der Waals surface area contributed by atoms with Crippen LogP contribution in [0.5, 0.6) is 0 Å². The van der Waals surface area contributed by atoms with Gasteiger partial charge in [-0.3, -0.25) is 0 Å². The van der Waals surface area contributed by atoms with Crippen LogP contribution in [0.3, 0.4) is 0 Å². The zero-order valence-electron chi connectivity index (χ0n) is 10.6. The van der Waals surface area contributed by atoms with E-state index in [9.17, 15) is 5.11 Å². The van der Waals surface area contributed by atoms with E-state index in [1.807, 2.05) is 0 Å². The van der Waals surface area contributed by atoms with Crippen LogP contribution in [0.2, 0.25) is 0 Å². The average Bonchev–Trinajstić information content (AvgIpc) is 2.28. The standard InChI is InChI=1S/C13H27NO/c1-4-13(15,11(2)3)12(10-14)8-6-5-7-9-12/h11,15H,4-10,14H2,1-3H3. The zero-order valence-corrected chi connectivity index (χ0v) is 10.6. The van der Waals surface area contributed by atoms with Gasteiger partial charge in [0.1, 0.15) is 0 Å². The Kier molecular flexibility index (Phi) is 4.19. The van der Waals surface area contributed by atoms with Crippen molar-refractivity contribution in [3.63, 3.8) is 0 Å². The van der Waals surface area contributed by atoms with E-state index < -0.39 is 5.60 Å². The zero-order chi connectivity index (χ0) is 11.5. The summed E-state index contributed by atoms with van der Waals surface area (Å²) in [6.07, 6.45) is 6.79. The Morgan fingerprint density at radius 3 is 2.13 bits per heavy atom. The van der Waals surface area contributed by atoms with Crippen molar-refractivity contribution in [1.82, 2.24) is 0 Å².